The van der Waals surface area contributed by atoms with Crippen LogP contribution in [0.4, 0.5) is 0 Å². The van der Waals surface area contributed by atoms with E-state index < -0.39 is 5.97 Å². The van der Waals surface area contributed by atoms with Crippen molar-refractivity contribution in [3.63, 3.8) is 0 Å². The zero-order chi connectivity index (χ0) is 21.2. The fourth-order valence-corrected chi connectivity index (χ4v) is 3.03. The van der Waals surface area contributed by atoms with Gasteiger partial charge in [0.2, 0.25) is 0 Å². The molecule has 5 heteroatoms. The molecule has 1 N–H and O–H groups in total. The van der Waals surface area contributed by atoms with E-state index in [4.69, 9.17) is 9.47 Å². The minimum Gasteiger partial charge on any atom is -0.457 e. The van der Waals surface area contributed by atoms with E-state index in [1.807, 2.05) is 60.7 Å². The van der Waals surface area contributed by atoms with Gasteiger partial charge in [-0.05, 0) is 48.4 Å². The molecule has 0 aromatic heterocycles. The number of ether oxygens (including phenoxy) is 2. The number of para-hydroxylation sites is 1. The van der Waals surface area contributed by atoms with Gasteiger partial charge >= 0.3 is 5.97 Å². The van der Waals surface area contributed by atoms with Crippen molar-refractivity contribution in [2.45, 2.75) is 25.8 Å². The molecule has 0 bridgehead atoms. The highest BCUT2D eigenvalue weighted by Crippen LogP contribution is 2.21. The van der Waals surface area contributed by atoms with E-state index in [0.717, 1.165) is 18.4 Å². The Kier molecular flexibility index (Phi) is 7.61. The number of benzene rings is 3. The zero-order valence-electron chi connectivity index (χ0n) is 16.9. The van der Waals surface area contributed by atoms with Gasteiger partial charge in [0.25, 0.3) is 5.91 Å². The van der Waals surface area contributed by atoms with Crippen molar-refractivity contribution in [3.05, 3.63) is 96.1 Å². The summed E-state index contributed by atoms with van der Waals surface area (Å²) >= 11 is 0. The molecule has 0 saturated carbocycles. The molecule has 0 radical (unpaired) electrons. The summed E-state index contributed by atoms with van der Waals surface area (Å²) in [6, 6.07) is 25.7. The van der Waals surface area contributed by atoms with Crippen molar-refractivity contribution in [2.75, 3.05) is 6.61 Å². The molecule has 1 atom stereocenters. The maximum absolute atomic E-state index is 12.3. The molecule has 3 rings (SSSR count). The molecule has 0 aliphatic heterocycles. The average Bonchev–Trinajstić information content (AvgIpc) is 2.79. The summed E-state index contributed by atoms with van der Waals surface area (Å²) in [5, 5.41) is 2.94. The fourth-order valence-electron chi connectivity index (χ4n) is 3.03. The van der Waals surface area contributed by atoms with Crippen LogP contribution in [-0.4, -0.2) is 18.5 Å². The summed E-state index contributed by atoms with van der Waals surface area (Å²) in [5.41, 5.74) is 1.39. The highest BCUT2D eigenvalue weighted by molar-refractivity contribution is 5.91. The first-order valence-corrected chi connectivity index (χ1v) is 10.00. The van der Waals surface area contributed by atoms with Gasteiger partial charge in [-0.25, -0.2) is 4.79 Å². The van der Waals surface area contributed by atoms with E-state index in [1.54, 1.807) is 24.3 Å². The van der Waals surface area contributed by atoms with E-state index in [0.29, 0.717) is 17.1 Å². The number of nitrogens with one attached hydrogen (secondary N) is 1. The second kappa shape index (κ2) is 10.8. The lowest BCUT2D eigenvalue weighted by molar-refractivity contribution is -0.125. The van der Waals surface area contributed by atoms with Crippen LogP contribution in [0.1, 0.15) is 41.7 Å². The number of carbonyl (C=O) groups is 2. The molecule has 0 unspecified atom stereocenters. The van der Waals surface area contributed by atoms with Crippen LogP contribution < -0.4 is 10.1 Å². The largest absolute Gasteiger partial charge is 0.457 e. The van der Waals surface area contributed by atoms with Crippen LogP contribution in [0.15, 0.2) is 84.9 Å². The Balaban J connectivity index is 1.51. The predicted octanol–water partition coefficient (Wildman–Crippen LogP) is 5.29. The van der Waals surface area contributed by atoms with Crippen molar-refractivity contribution < 1.29 is 19.1 Å². The van der Waals surface area contributed by atoms with Gasteiger partial charge < -0.3 is 14.8 Å². The van der Waals surface area contributed by atoms with E-state index >= 15 is 0 Å². The monoisotopic (exact) mass is 403 g/mol. The molecule has 1 amide bonds. The van der Waals surface area contributed by atoms with Crippen LogP contribution in [0.2, 0.25) is 0 Å². The number of esters is 1. The average molecular weight is 403 g/mol. The lowest BCUT2D eigenvalue weighted by Gasteiger charge is -2.18. The van der Waals surface area contributed by atoms with Crippen LogP contribution >= 0.6 is 0 Å². The lowest BCUT2D eigenvalue weighted by Crippen LogP contribution is -2.32. The minimum absolute atomic E-state index is 0.100. The Bertz CT molecular complexity index is 940. The Morgan fingerprint density at radius 1 is 0.833 bits per heavy atom. The van der Waals surface area contributed by atoms with Gasteiger partial charge in [0.05, 0.1) is 11.6 Å². The van der Waals surface area contributed by atoms with Gasteiger partial charge in [0.1, 0.15) is 11.5 Å². The molecule has 0 fully saturated rings. The summed E-state index contributed by atoms with van der Waals surface area (Å²) in [6.45, 7) is 1.74. The first-order chi connectivity index (χ1) is 14.7. The standard InChI is InChI=1S/C25H25NO4/c1-2-9-23(19-10-5-3-6-11-19)26-24(27)18-29-25(28)20-14-16-22(17-15-20)30-21-12-7-4-8-13-21/h3-8,10-17,23H,2,9,18H2,1H3,(H,26,27)/t23-/m1/s1. The van der Waals surface area contributed by atoms with Crippen LogP contribution in [0.25, 0.3) is 0 Å². The van der Waals surface area contributed by atoms with Crippen LogP contribution in [-0.2, 0) is 9.53 Å². The van der Waals surface area contributed by atoms with Gasteiger partial charge in [0, 0.05) is 0 Å². The van der Waals surface area contributed by atoms with Gasteiger partial charge in [-0.3, -0.25) is 4.79 Å². The molecular formula is C25H25NO4. The van der Waals surface area contributed by atoms with E-state index in [1.165, 1.54) is 0 Å². The summed E-state index contributed by atoms with van der Waals surface area (Å²) in [7, 11) is 0. The third-order valence-corrected chi connectivity index (χ3v) is 4.52. The normalized spacial score (nSPS) is 11.4. The number of carbonyl (C=O) groups excluding carboxylic acids is 2. The molecule has 0 aliphatic carbocycles. The van der Waals surface area contributed by atoms with Gasteiger partial charge in [0.15, 0.2) is 6.61 Å². The van der Waals surface area contributed by atoms with E-state index in [-0.39, 0.29) is 18.6 Å². The summed E-state index contributed by atoms with van der Waals surface area (Å²) < 4.78 is 10.9. The van der Waals surface area contributed by atoms with Crippen LogP contribution in [0.5, 0.6) is 11.5 Å². The van der Waals surface area contributed by atoms with Gasteiger partial charge in [-0.15, -0.1) is 0 Å². The first kappa shape index (κ1) is 21.1. The molecule has 154 valence electrons. The lowest BCUT2D eigenvalue weighted by atomic mass is 10.0. The van der Waals surface area contributed by atoms with Crippen LogP contribution in [0.3, 0.4) is 0 Å². The Labute approximate surface area is 176 Å². The quantitative estimate of drug-likeness (QED) is 0.493. The molecular weight excluding hydrogens is 378 g/mol. The second-order valence-electron chi connectivity index (χ2n) is 6.84. The van der Waals surface area contributed by atoms with Crippen molar-refractivity contribution in [3.8, 4) is 11.5 Å². The highest BCUT2D eigenvalue weighted by Gasteiger charge is 2.16. The van der Waals surface area contributed by atoms with Crippen molar-refractivity contribution >= 4 is 11.9 Å². The van der Waals surface area contributed by atoms with Gasteiger partial charge in [-0.2, -0.15) is 0 Å². The third kappa shape index (κ3) is 6.21. The first-order valence-electron chi connectivity index (χ1n) is 10.00. The summed E-state index contributed by atoms with van der Waals surface area (Å²) in [5.74, 6) is 0.447. The smallest absolute Gasteiger partial charge is 0.338 e. The maximum Gasteiger partial charge on any atom is 0.338 e. The Hall–Kier alpha value is -3.60. The molecule has 0 aliphatic rings. The molecule has 0 spiro atoms. The van der Waals surface area contributed by atoms with E-state index in [2.05, 4.69) is 12.2 Å². The Morgan fingerprint density at radius 2 is 1.43 bits per heavy atom. The van der Waals surface area contributed by atoms with Crippen molar-refractivity contribution in [1.82, 2.24) is 5.32 Å². The number of hydrogen-bond acceptors (Lipinski definition) is 4. The molecule has 3 aromatic carbocycles. The minimum atomic E-state index is -0.553. The molecule has 0 heterocycles. The SMILES string of the molecule is CCC[C@@H](NC(=O)COC(=O)c1ccc(Oc2ccccc2)cc1)c1ccccc1. The summed E-state index contributed by atoms with van der Waals surface area (Å²) in [6.07, 6.45) is 1.74. The fraction of sp³-hybridized carbons (Fsp3) is 0.200. The summed E-state index contributed by atoms with van der Waals surface area (Å²) in [4.78, 5) is 24.5. The molecule has 3 aromatic rings. The van der Waals surface area contributed by atoms with E-state index in [9.17, 15) is 9.59 Å². The highest BCUT2D eigenvalue weighted by atomic mass is 16.5. The number of rotatable bonds is 9. The maximum atomic E-state index is 12.3. The Morgan fingerprint density at radius 3 is 2.07 bits per heavy atom. The molecule has 0 saturated heterocycles. The molecule has 5 nitrogen and oxygen atoms in total. The predicted molar refractivity (Wildman–Crippen MR) is 115 cm³/mol. The number of amides is 1. The van der Waals surface area contributed by atoms with Crippen molar-refractivity contribution in [1.29, 1.82) is 0 Å². The number of hydrogen-bond donors (Lipinski definition) is 1. The molecule has 30 heavy (non-hydrogen) atoms. The van der Waals surface area contributed by atoms with Gasteiger partial charge in [-0.1, -0.05) is 61.9 Å². The van der Waals surface area contributed by atoms with Crippen molar-refractivity contribution in [2.24, 2.45) is 0 Å². The topological polar surface area (TPSA) is 64.6 Å². The zero-order valence-corrected chi connectivity index (χ0v) is 16.9. The third-order valence-electron chi connectivity index (χ3n) is 4.52. The van der Waals surface area contributed by atoms with Crippen LogP contribution in [0, 0.1) is 0 Å². The second-order valence-corrected chi connectivity index (χ2v) is 6.84.